The molecule has 106 valence electrons. The van der Waals surface area contributed by atoms with Crippen molar-refractivity contribution in [3.8, 4) is 11.5 Å². The van der Waals surface area contributed by atoms with E-state index in [0.717, 1.165) is 12.8 Å². The third-order valence-electron chi connectivity index (χ3n) is 3.24. The Balaban J connectivity index is 2.50. The van der Waals surface area contributed by atoms with Crippen LogP contribution >= 0.6 is 0 Å². The number of aromatic hydroxyl groups is 2. The van der Waals surface area contributed by atoms with E-state index in [4.69, 9.17) is 5.73 Å². The number of phenolic OH excluding ortho intramolecular Hbond substituents is 2. The molecule has 0 saturated carbocycles. The summed E-state index contributed by atoms with van der Waals surface area (Å²) in [5.74, 6) is -0.863. The number of rotatable bonds is 4. The van der Waals surface area contributed by atoms with Crippen LogP contribution in [0.1, 0.15) is 30.1 Å². The molecule has 20 heavy (non-hydrogen) atoms. The third-order valence-corrected chi connectivity index (χ3v) is 3.24. The normalized spacial score (nSPS) is 10.7. The van der Waals surface area contributed by atoms with Gasteiger partial charge >= 0.3 is 0 Å². The van der Waals surface area contributed by atoms with Gasteiger partial charge in [-0.2, -0.15) is 0 Å². The summed E-state index contributed by atoms with van der Waals surface area (Å²) in [5, 5.41) is 23.8. The SMILES string of the molecule is CCCCNC(=O)c1c(N)c(O)c2ccccc2c1O. The number of phenols is 2. The third kappa shape index (κ3) is 2.34. The number of nitrogens with one attached hydrogen (secondary N) is 1. The highest BCUT2D eigenvalue weighted by Gasteiger charge is 2.21. The van der Waals surface area contributed by atoms with Gasteiger partial charge in [0.2, 0.25) is 0 Å². The first-order valence-corrected chi connectivity index (χ1v) is 6.58. The lowest BCUT2D eigenvalue weighted by Gasteiger charge is -2.13. The Morgan fingerprint density at radius 3 is 2.40 bits per heavy atom. The predicted octanol–water partition coefficient (Wildman–Crippen LogP) is 2.36. The molecule has 5 N–H and O–H groups in total. The molecule has 0 aliphatic carbocycles. The van der Waals surface area contributed by atoms with Gasteiger partial charge in [-0.25, -0.2) is 0 Å². The quantitative estimate of drug-likeness (QED) is 0.298. The number of nitrogen functional groups attached to an aromatic ring is 1. The molecule has 0 bridgehead atoms. The van der Waals surface area contributed by atoms with Gasteiger partial charge in [0.1, 0.15) is 17.1 Å². The molecule has 0 aromatic heterocycles. The van der Waals surface area contributed by atoms with E-state index in [-0.39, 0.29) is 22.7 Å². The first kappa shape index (κ1) is 14.0. The molecule has 2 rings (SSSR count). The van der Waals surface area contributed by atoms with Crippen molar-refractivity contribution in [2.24, 2.45) is 0 Å². The Morgan fingerprint density at radius 1 is 1.20 bits per heavy atom. The summed E-state index contributed by atoms with van der Waals surface area (Å²) >= 11 is 0. The largest absolute Gasteiger partial charge is 0.506 e. The molecule has 0 spiro atoms. The highest BCUT2D eigenvalue weighted by atomic mass is 16.3. The zero-order valence-corrected chi connectivity index (χ0v) is 11.3. The molecule has 0 atom stereocenters. The smallest absolute Gasteiger partial charge is 0.257 e. The van der Waals surface area contributed by atoms with Crippen molar-refractivity contribution >= 4 is 22.4 Å². The van der Waals surface area contributed by atoms with Crippen molar-refractivity contribution in [2.45, 2.75) is 19.8 Å². The van der Waals surface area contributed by atoms with Gasteiger partial charge in [0.25, 0.3) is 5.91 Å². The summed E-state index contributed by atoms with van der Waals surface area (Å²) in [6, 6.07) is 6.71. The number of carbonyl (C=O) groups is 1. The molecule has 0 heterocycles. The molecule has 5 heteroatoms. The second-order valence-corrected chi connectivity index (χ2v) is 4.64. The first-order chi connectivity index (χ1) is 9.57. The van der Waals surface area contributed by atoms with Crippen molar-refractivity contribution in [3.63, 3.8) is 0 Å². The number of amides is 1. The van der Waals surface area contributed by atoms with Crippen molar-refractivity contribution in [1.29, 1.82) is 0 Å². The maximum atomic E-state index is 12.1. The van der Waals surface area contributed by atoms with Crippen LogP contribution < -0.4 is 11.1 Å². The highest BCUT2D eigenvalue weighted by Crippen LogP contribution is 2.41. The summed E-state index contributed by atoms with van der Waals surface area (Å²) in [6.45, 7) is 2.52. The van der Waals surface area contributed by atoms with Gasteiger partial charge in [0.05, 0.1) is 5.69 Å². The second-order valence-electron chi connectivity index (χ2n) is 4.64. The number of hydrogen-bond acceptors (Lipinski definition) is 4. The van der Waals surface area contributed by atoms with E-state index in [1.807, 2.05) is 6.92 Å². The number of fused-ring (bicyclic) bond motifs is 1. The number of carbonyl (C=O) groups excluding carboxylic acids is 1. The lowest BCUT2D eigenvalue weighted by Crippen LogP contribution is -2.25. The average Bonchev–Trinajstić information content (AvgIpc) is 2.45. The summed E-state index contributed by atoms with van der Waals surface area (Å²) in [7, 11) is 0. The van der Waals surface area contributed by atoms with Gasteiger partial charge in [0, 0.05) is 17.3 Å². The Hall–Kier alpha value is -2.43. The molecule has 1 amide bonds. The number of anilines is 1. The zero-order valence-electron chi connectivity index (χ0n) is 11.3. The van der Waals surface area contributed by atoms with E-state index in [1.54, 1.807) is 24.3 Å². The van der Waals surface area contributed by atoms with E-state index in [2.05, 4.69) is 5.32 Å². The molecule has 0 fully saturated rings. The van der Waals surface area contributed by atoms with Gasteiger partial charge in [0.15, 0.2) is 0 Å². The Labute approximate surface area is 117 Å². The standard InChI is InChI=1S/C15H18N2O3/c1-2-3-8-17-15(20)11-12(16)14(19)10-7-5-4-6-9(10)13(11)18/h4-7,18-19H,2-3,8,16H2,1H3,(H,17,20). The minimum Gasteiger partial charge on any atom is -0.506 e. The van der Waals surface area contributed by atoms with Crippen LogP contribution in [0.25, 0.3) is 10.8 Å². The monoisotopic (exact) mass is 274 g/mol. The molecule has 5 nitrogen and oxygen atoms in total. The Kier molecular flexibility index (Phi) is 3.98. The van der Waals surface area contributed by atoms with E-state index in [1.165, 1.54) is 0 Å². The Morgan fingerprint density at radius 2 is 1.80 bits per heavy atom. The summed E-state index contributed by atoms with van der Waals surface area (Å²) < 4.78 is 0. The summed E-state index contributed by atoms with van der Waals surface area (Å²) in [6.07, 6.45) is 1.79. The molecule has 2 aromatic carbocycles. The fourth-order valence-corrected chi connectivity index (χ4v) is 2.12. The molecule has 0 aliphatic heterocycles. The first-order valence-electron chi connectivity index (χ1n) is 6.58. The van der Waals surface area contributed by atoms with Gasteiger partial charge in [-0.05, 0) is 6.42 Å². The van der Waals surface area contributed by atoms with Gasteiger partial charge in [-0.1, -0.05) is 37.6 Å². The lowest BCUT2D eigenvalue weighted by atomic mass is 10.0. The fraction of sp³-hybridized carbons (Fsp3) is 0.267. The summed E-state index contributed by atoms with van der Waals surface area (Å²) in [4.78, 5) is 12.1. The molecule has 0 saturated heterocycles. The van der Waals surface area contributed by atoms with Crippen molar-refractivity contribution in [3.05, 3.63) is 29.8 Å². The number of hydrogen-bond donors (Lipinski definition) is 4. The maximum Gasteiger partial charge on any atom is 0.257 e. The molecule has 0 aliphatic rings. The highest BCUT2D eigenvalue weighted by molar-refractivity contribution is 6.11. The second kappa shape index (κ2) is 5.69. The zero-order chi connectivity index (χ0) is 14.7. The summed E-state index contributed by atoms with van der Waals surface area (Å²) in [5.41, 5.74) is 5.61. The molecule has 0 radical (unpaired) electrons. The van der Waals surface area contributed by atoms with Gasteiger partial charge < -0.3 is 21.3 Å². The van der Waals surface area contributed by atoms with Crippen LogP contribution in [-0.2, 0) is 0 Å². The van der Waals surface area contributed by atoms with Crippen molar-refractivity contribution < 1.29 is 15.0 Å². The average molecular weight is 274 g/mol. The van der Waals surface area contributed by atoms with Crippen LogP contribution in [-0.4, -0.2) is 22.7 Å². The van der Waals surface area contributed by atoms with Crippen LogP contribution in [0.4, 0.5) is 5.69 Å². The minimum atomic E-state index is -0.477. The van der Waals surface area contributed by atoms with Gasteiger partial charge in [-0.3, -0.25) is 4.79 Å². The van der Waals surface area contributed by atoms with Crippen LogP contribution in [0.2, 0.25) is 0 Å². The van der Waals surface area contributed by atoms with Crippen molar-refractivity contribution in [2.75, 3.05) is 12.3 Å². The molecule has 0 unspecified atom stereocenters. The molecule has 2 aromatic rings. The number of benzene rings is 2. The van der Waals surface area contributed by atoms with E-state index >= 15 is 0 Å². The topological polar surface area (TPSA) is 95.6 Å². The van der Waals surface area contributed by atoms with Crippen LogP contribution in [0.3, 0.4) is 0 Å². The van der Waals surface area contributed by atoms with Crippen molar-refractivity contribution in [1.82, 2.24) is 5.32 Å². The van der Waals surface area contributed by atoms with E-state index in [9.17, 15) is 15.0 Å². The number of unbranched alkanes of at least 4 members (excludes halogenated alkanes) is 1. The van der Waals surface area contributed by atoms with Crippen LogP contribution in [0.15, 0.2) is 24.3 Å². The van der Waals surface area contributed by atoms with E-state index in [0.29, 0.717) is 17.3 Å². The van der Waals surface area contributed by atoms with Crippen LogP contribution in [0.5, 0.6) is 11.5 Å². The lowest BCUT2D eigenvalue weighted by molar-refractivity contribution is 0.0951. The molecular formula is C15H18N2O3. The number of nitrogens with two attached hydrogens (primary N) is 1. The molecular weight excluding hydrogens is 256 g/mol. The maximum absolute atomic E-state index is 12.1. The van der Waals surface area contributed by atoms with E-state index < -0.39 is 5.91 Å². The Bertz CT molecular complexity index is 653. The minimum absolute atomic E-state index is 0.0719. The van der Waals surface area contributed by atoms with Crippen LogP contribution in [0, 0.1) is 0 Å². The predicted molar refractivity (Wildman–Crippen MR) is 78.9 cm³/mol. The van der Waals surface area contributed by atoms with Gasteiger partial charge in [-0.15, -0.1) is 0 Å². The fourth-order valence-electron chi connectivity index (χ4n) is 2.12.